The number of carbonyl (C=O) groups is 1. The number of rotatable bonds is 7. The van der Waals surface area contributed by atoms with Gasteiger partial charge < -0.3 is 5.32 Å². The van der Waals surface area contributed by atoms with Crippen LogP contribution < -0.4 is 5.32 Å². The molecule has 210 valence electrons. The second-order valence-electron chi connectivity index (χ2n) is 10.6. The lowest BCUT2D eigenvalue weighted by molar-refractivity contribution is 0.0930. The fourth-order valence-electron chi connectivity index (χ4n) is 5.96. The van der Waals surface area contributed by atoms with E-state index in [0.29, 0.717) is 11.0 Å². The molecule has 6 nitrogen and oxygen atoms in total. The van der Waals surface area contributed by atoms with Gasteiger partial charge in [0.1, 0.15) is 10.1 Å². The highest BCUT2D eigenvalue weighted by molar-refractivity contribution is 9.10. The van der Waals surface area contributed by atoms with Crippen molar-refractivity contribution in [3.63, 3.8) is 0 Å². The second kappa shape index (κ2) is 11.0. The highest BCUT2D eigenvalue weighted by Crippen LogP contribution is 2.43. The summed E-state index contributed by atoms with van der Waals surface area (Å²) in [5.41, 5.74) is 5.78. The molecule has 0 radical (unpaired) electrons. The zero-order valence-electron chi connectivity index (χ0n) is 23.4. The van der Waals surface area contributed by atoms with Crippen LogP contribution in [0.4, 0.5) is 0 Å². The Morgan fingerprint density at radius 2 is 1.21 bits per heavy atom. The number of nitrogens with zero attached hydrogens (tertiary/aromatic N) is 3. The van der Waals surface area contributed by atoms with Crippen LogP contribution in [0.15, 0.2) is 138 Å². The van der Waals surface area contributed by atoms with Crippen LogP contribution in [-0.4, -0.2) is 25.7 Å². The average Bonchev–Trinajstić information content (AvgIpc) is 3.63. The molecule has 0 aliphatic carbocycles. The lowest BCUT2D eigenvalue weighted by Gasteiger charge is -2.37. The van der Waals surface area contributed by atoms with Crippen LogP contribution in [-0.2, 0) is 5.54 Å². The number of benzene rings is 5. The first-order chi connectivity index (χ1) is 21.1. The van der Waals surface area contributed by atoms with Gasteiger partial charge in [-0.15, -0.1) is 0 Å². The van der Waals surface area contributed by atoms with Gasteiger partial charge in [-0.3, -0.25) is 14.6 Å². The SMILES string of the molecule is CC(NC(=O)c1nc2cc3c(Br)[nH]n(C(c4ccccc4)(c4ccccc4)c4ccccc4)c3cc2n1)c1ccccc1. The highest BCUT2D eigenvalue weighted by atomic mass is 79.9. The standard InChI is InChI=1S/C36H28BrN5O/c1-24(25-14-6-2-7-15-25)38-35(43)34-39-30-22-29-32(23-31(30)40-34)42(41-33(29)37)36(26-16-8-3-9-17-26,27-18-10-4-11-19-27)28-20-12-5-13-21-28/h2-24,41H,1H3,(H,38,43). The lowest BCUT2D eigenvalue weighted by atomic mass is 9.77. The van der Waals surface area contributed by atoms with Crippen molar-refractivity contribution in [2.75, 3.05) is 0 Å². The van der Waals surface area contributed by atoms with Crippen molar-refractivity contribution in [1.82, 2.24) is 25.1 Å². The van der Waals surface area contributed by atoms with Crippen molar-refractivity contribution < 1.29 is 4.79 Å². The van der Waals surface area contributed by atoms with Crippen LogP contribution >= 0.6 is 15.9 Å². The van der Waals surface area contributed by atoms with Gasteiger partial charge in [0.2, 0.25) is 5.82 Å². The van der Waals surface area contributed by atoms with Crippen molar-refractivity contribution in [3.8, 4) is 0 Å². The Morgan fingerprint density at radius 1 is 0.744 bits per heavy atom. The summed E-state index contributed by atoms with van der Waals surface area (Å²) < 4.78 is 3.00. The third kappa shape index (κ3) is 4.62. The molecule has 7 aromatic rings. The highest BCUT2D eigenvalue weighted by Gasteiger charge is 2.40. The van der Waals surface area contributed by atoms with Gasteiger partial charge in [-0.2, -0.15) is 0 Å². The zero-order chi connectivity index (χ0) is 29.4. The van der Waals surface area contributed by atoms with E-state index in [1.165, 1.54) is 0 Å². The molecule has 43 heavy (non-hydrogen) atoms. The molecule has 1 amide bonds. The van der Waals surface area contributed by atoms with Gasteiger partial charge in [-0.05, 0) is 57.2 Å². The maximum atomic E-state index is 13.2. The van der Waals surface area contributed by atoms with Crippen molar-refractivity contribution in [2.45, 2.75) is 18.5 Å². The first kappa shape index (κ1) is 26.9. The molecule has 7 heteroatoms. The number of amides is 1. The molecule has 0 bridgehead atoms. The molecule has 1 atom stereocenters. The Balaban J connectivity index is 1.42. The molecule has 2 N–H and O–H groups in total. The van der Waals surface area contributed by atoms with Crippen LogP contribution in [0.1, 0.15) is 45.8 Å². The molecule has 0 saturated heterocycles. The third-order valence-corrected chi connectivity index (χ3v) is 8.60. The van der Waals surface area contributed by atoms with Gasteiger partial charge in [0.05, 0.1) is 22.6 Å². The van der Waals surface area contributed by atoms with E-state index in [1.54, 1.807) is 0 Å². The molecular formula is C36H28BrN5O. The normalized spacial score (nSPS) is 12.4. The van der Waals surface area contributed by atoms with E-state index in [0.717, 1.165) is 37.8 Å². The van der Waals surface area contributed by atoms with Gasteiger partial charge >= 0.3 is 0 Å². The topological polar surface area (TPSA) is 75.6 Å². The largest absolute Gasteiger partial charge is 0.343 e. The van der Waals surface area contributed by atoms with Crippen LogP contribution in [0.2, 0.25) is 0 Å². The molecule has 7 rings (SSSR count). The fourth-order valence-corrected chi connectivity index (χ4v) is 6.45. The first-order valence-corrected chi connectivity index (χ1v) is 15.0. The number of halogens is 1. The third-order valence-electron chi connectivity index (χ3n) is 7.99. The summed E-state index contributed by atoms with van der Waals surface area (Å²) in [6.07, 6.45) is 0. The predicted molar refractivity (Wildman–Crippen MR) is 174 cm³/mol. The van der Waals surface area contributed by atoms with E-state index < -0.39 is 5.54 Å². The number of fused-ring (bicyclic) bond motifs is 2. The maximum Gasteiger partial charge on any atom is 0.289 e. The van der Waals surface area contributed by atoms with Crippen molar-refractivity contribution in [3.05, 3.63) is 166 Å². The van der Waals surface area contributed by atoms with E-state index in [2.05, 4.69) is 109 Å². The monoisotopic (exact) mass is 625 g/mol. The molecule has 2 heterocycles. The van der Waals surface area contributed by atoms with E-state index >= 15 is 0 Å². The number of hydrogen-bond donors (Lipinski definition) is 2. The maximum absolute atomic E-state index is 13.2. The fraction of sp³-hybridized carbons (Fsp3) is 0.0833. The molecular weight excluding hydrogens is 598 g/mol. The minimum atomic E-state index is -0.743. The van der Waals surface area contributed by atoms with Crippen LogP contribution in [0, 0.1) is 0 Å². The number of aromatic amines is 1. The molecule has 0 fully saturated rings. The van der Waals surface area contributed by atoms with Crippen molar-refractivity contribution in [2.24, 2.45) is 0 Å². The molecule has 0 aliphatic rings. The summed E-state index contributed by atoms with van der Waals surface area (Å²) in [4.78, 5) is 22.5. The Hall–Kier alpha value is -5.01. The Bertz CT molecular complexity index is 1940. The molecule has 1 unspecified atom stereocenters. The molecule has 0 spiro atoms. The van der Waals surface area contributed by atoms with Gasteiger partial charge in [0, 0.05) is 5.39 Å². The van der Waals surface area contributed by atoms with E-state index in [-0.39, 0.29) is 17.8 Å². The van der Waals surface area contributed by atoms with Crippen LogP contribution in [0.25, 0.3) is 21.9 Å². The predicted octanol–water partition coefficient (Wildman–Crippen LogP) is 8.01. The zero-order valence-corrected chi connectivity index (χ0v) is 25.0. The van der Waals surface area contributed by atoms with E-state index in [4.69, 9.17) is 4.98 Å². The smallest absolute Gasteiger partial charge is 0.289 e. The minimum absolute atomic E-state index is 0.150. The van der Waals surface area contributed by atoms with Crippen LogP contribution in [0.5, 0.6) is 0 Å². The van der Waals surface area contributed by atoms with Gasteiger partial charge in [-0.25, -0.2) is 9.97 Å². The minimum Gasteiger partial charge on any atom is -0.343 e. The number of H-pyrrole nitrogens is 1. The van der Waals surface area contributed by atoms with Crippen LogP contribution in [0.3, 0.4) is 0 Å². The lowest BCUT2D eigenvalue weighted by Crippen LogP contribution is -2.38. The van der Waals surface area contributed by atoms with Gasteiger partial charge in [0.15, 0.2) is 0 Å². The Labute approximate surface area is 257 Å². The Morgan fingerprint density at radius 3 is 1.72 bits per heavy atom. The summed E-state index contributed by atoms with van der Waals surface area (Å²) in [6, 6.07) is 45.1. The number of carbonyl (C=O) groups excluding carboxylic acids is 1. The molecule has 0 aliphatic heterocycles. The Kier molecular flexibility index (Phi) is 6.87. The quantitative estimate of drug-likeness (QED) is 0.176. The summed E-state index contributed by atoms with van der Waals surface area (Å²) in [5.74, 6) is -0.157. The van der Waals surface area contributed by atoms with Gasteiger partial charge in [0.25, 0.3) is 5.91 Å². The summed E-state index contributed by atoms with van der Waals surface area (Å²) in [5, 5.41) is 7.60. The van der Waals surface area contributed by atoms with E-state index in [1.807, 2.05) is 67.6 Å². The second-order valence-corrected chi connectivity index (χ2v) is 11.4. The number of imidazole rings is 1. The van der Waals surface area contributed by atoms with E-state index in [9.17, 15) is 4.79 Å². The first-order valence-electron chi connectivity index (χ1n) is 14.2. The van der Waals surface area contributed by atoms with Crippen molar-refractivity contribution in [1.29, 1.82) is 0 Å². The molecule has 5 aromatic carbocycles. The number of hydrogen-bond acceptors (Lipinski definition) is 3. The summed E-state index contributed by atoms with van der Waals surface area (Å²) in [6.45, 7) is 1.95. The average molecular weight is 627 g/mol. The molecule has 2 aromatic heterocycles. The number of nitrogens with one attached hydrogen (secondary N) is 2. The molecule has 0 saturated carbocycles. The summed E-state index contributed by atoms with van der Waals surface area (Å²) in [7, 11) is 0. The van der Waals surface area contributed by atoms with Crippen molar-refractivity contribution >= 4 is 43.8 Å². The number of aromatic nitrogens is 4. The van der Waals surface area contributed by atoms with Gasteiger partial charge in [-0.1, -0.05) is 121 Å². The summed E-state index contributed by atoms with van der Waals surface area (Å²) >= 11 is 3.80.